The molecular weight excluding hydrogens is 289 g/mol. The average Bonchev–Trinajstić information content (AvgIpc) is 3.17. The quantitative estimate of drug-likeness (QED) is 0.840. The number of hydrogen-bond donors (Lipinski definition) is 2. The fraction of sp³-hybridized carbons (Fsp3) is 0.385. The van der Waals surface area contributed by atoms with Crippen molar-refractivity contribution in [3.8, 4) is 0 Å². The number of nitrogens with two attached hydrogens (primary N) is 1. The van der Waals surface area contributed by atoms with Gasteiger partial charge >= 0.3 is 6.18 Å². The molecule has 2 rings (SSSR count). The number of hydrogen-bond acceptors (Lipinski definition) is 2. The van der Waals surface area contributed by atoms with E-state index in [1.54, 1.807) is 0 Å². The summed E-state index contributed by atoms with van der Waals surface area (Å²) < 4.78 is 37.2. The van der Waals surface area contributed by atoms with Crippen LogP contribution in [0.3, 0.4) is 0 Å². The predicted octanol–water partition coefficient (Wildman–Crippen LogP) is 2.39. The van der Waals surface area contributed by atoms with Crippen molar-refractivity contribution in [3.05, 3.63) is 35.4 Å². The highest BCUT2D eigenvalue weighted by Gasteiger charge is 2.52. The van der Waals surface area contributed by atoms with E-state index in [1.165, 1.54) is 12.1 Å². The Morgan fingerprint density at radius 1 is 1.30 bits per heavy atom. The summed E-state index contributed by atoms with van der Waals surface area (Å²) in [6, 6.07) is 4.65. The Labute approximate surface area is 119 Å². The number of nitrogens with one attached hydrogen (secondary N) is 1. The summed E-state index contributed by atoms with van der Waals surface area (Å²) in [5, 5.41) is 2.65. The molecule has 0 radical (unpaired) electrons. The molecule has 1 aliphatic rings. The normalized spacial score (nSPS) is 16.6. The molecule has 20 heavy (non-hydrogen) atoms. The zero-order valence-corrected chi connectivity index (χ0v) is 11.3. The molecule has 0 saturated heterocycles. The van der Waals surface area contributed by atoms with Crippen LogP contribution in [0.5, 0.6) is 0 Å². The maximum atomic E-state index is 12.4. The molecule has 7 heteroatoms. The van der Waals surface area contributed by atoms with Crippen LogP contribution in [0, 0.1) is 5.41 Å². The average molecular weight is 302 g/mol. The van der Waals surface area contributed by atoms with Crippen LogP contribution < -0.4 is 11.1 Å². The van der Waals surface area contributed by atoms with Crippen LogP contribution in [0.1, 0.15) is 24.0 Å². The zero-order chi connectivity index (χ0) is 15.0. The van der Waals surface area contributed by atoms with Crippen molar-refractivity contribution < 1.29 is 18.0 Å². The Balaban J connectivity index is 1.95. The number of carbonyl (C=O) groups is 1. The van der Waals surface area contributed by atoms with Gasteiger partial charge in [-0.25, -0.2) is 0 Å². The third kappa shape index (κ3) is 2.92. The third-order valence-electron chi connectivity index (χ3n) is 3.39. The van der Waals surface area contributed by atoms with Crippen LogP contribution in [0.25, 0.3) is 0 Å². The van der Waals surface area contributed by atoms with Gasteiger partial charge in [0.15, 0.2) is 0 Å². The Kier molecular flexibility index (Phi) is 3.73. The second kappa shape index (κ2) is 5.05. The summed E-state index contributed by atoms with van der Waals surface area (Å²) in [7, 11) is 0. The lowest BCUT2D eigenvalue weighted by molar-refractivity contribution is -0.137. The number of alkyl halides is 3. The second-order valence-electron chi connectivity index (χ2n) is 4.82. The topological polar surface area (TPSA) is 55.1 Å². The maximum absolute atomic E-state index is 12.4. The molecular formula is C13H13F3N2OS. The lowest BCUT2D eigenvalue weighted by atomic mass is 10.1. The highest BCUT2D eigenvalue weighted by molar-refractivity contribution is 7.80. The van der Waals surface area contributed by atoms with Crippen LogP contribution >= 0.6 is 12.2 Å². The number of benzene rings is 1. The van der Waals surface area contributed by atoms with E-state index in [-0.39, 0.29) is 17.4 Å². The maximum Gasteiger partial charge on any atom is 0.416 e. The first-order valence-corrected chi connectivity index (χ1v) is 6.41. The fourth-order valence-corrected chi connectivity index (χ4v) is 2.17. The fourth-order valence-electron chi connectivity index (χ4n) is 1.87. The van der Waals surface area contributed by atoms with Crippen molar-refractivity contribution in [2.75, 3.05) is 0 Å². The zero-order valence-electron chi connectivity index (χ0n) is 10.5. The van der Waals surface area contributed by atoms with Crippen molar-refractivity contribution in [1.29, 1.82) is 0 Å². The van der Waals surface area contributed by atoms with E-state index >= 15 is 0 Å². The molecule has 108 valence electrons. The third-order valence-corrected chi connectivity index (χ3v) is 3.78. The molecule has 0 heterocycles. The molecule has 1 saturated carbocycles. The van der Waals surface area contributed by atoms with Crippen LogP contribution in [-0.4, -0.2) is 10.9 Å². The monoisotopic (exact) mass is 302 g/mol. The minimum atomic E-state index is -4.36. The van der Waals surface area contributed by atoms with Crippen molar-refractivity contribution in [1.82, 2.24) is 5.32 Å². The molecule has 0 bridgehead atoms. The molecule has 1 amide bonds. The number of carbonyl (C=O) groups excluding carboxylic acids is 1. The van der Waals surface area contributed by atoms with E-state index in [4.69, 9.17) is 18.0 Å². The number of halogens is 3. The van der Waals surface area contributed by atoms with Crippen LogP contribution in [0.2, 0.25) is 0 Å². The summed E-state index contributed by atoms with van der Waals surface area (Å²) in [6.07, 6.45) is -3.10. The summed E-state index contributed by atoms with van der Waals surface area (Å²) >= 11 is 4.85. The van der Waals surface area contributed by atoms with E-state index in [9.17, 15) is 18.0 Å². The summed E-state index contributed by atoms with van der Waals surface area (Å²) in [5.74, 6) is -0.259. The van der Waals surface area contributed by atoms with Crippen LogP contribution in [0.4, 0.5) is 13.2 Å². The van der Waals surface area contributed by atoms with E-state index in [0.717, 1.165) is 12.1 Å². The van der Waals surface area contributed by atoms with Crippen molar-refractivity contribution >= 4 is 23.1 Å². The molecule has 3 nitrogen and oxygen atoms in total. The van der Waals surface area contributed by atoms with Gasteiger partial charge in [0.2, 0.25) is 5.91 Å². The predicted molar refractivity (Wildman–Crippen MR) is 71.7 cm³/mol. The minimum absolute atomic E-state index is 0.154. The van der Waals surface area contributed by atoms with Gasteiger partial charge in [-0.2, -0.15) is 13.2 Å². The SMILES string of the molecule is NC(=S)C1(C(=O)NCc2ccc(C(F)(F)F)cc2)CC1. The molecule has 0 aromatic heterocycles. The first-order chi connectivity index (χ1) is 9.25. The number of thiocarbonyl (C=S) groups is 1. The lowest BCUT2D eigenvalue weighted by Gasteiger charge is -2.14. The number of rotatable bonds is 4. The highest BCUT2D eigenvalue weighted by atomic mass is 32.1. The second-order valence-corrected chi connectivity index (χ2v) is 5.26. The Hall–Kier alpha value is -1.63. The first kappa shape index (κ1) is 14.8. The minimum Gasteiger partial charge on any atom is -0.392 e. The Morgan fingerprint density at radius 3 is 2.25 bits per heavy atom. The molecule has 1 aromatic carbocycles. The molecule has 1 aliphatic carbocycles. The molecule has 3 N–H and O–H groups in total. The van der Waals surface area contributed by atoms with Gasteiger partial charge in [-0.3, -0.25) is 4.79 Å². The van der Waals surface area contributed by atoms with E-state index in [2.05, 4.69) is 5.32 Å². The van der Waals surface area contributed by atoms with E-state index in [1.807, 2.05) is 0 Å². The first-order valence-electron chi connectivity index (χ1n) is 6.00. The largest absolute Gasteiger partial charge is 0.416 e. The van der Waals surface area contributed by atoms with Gasteiger partial charge in [0.1, 0.15) is 0 Å². The van der Waals surface area contributed by atoms with Gasteiger partial charge in [-0.05, 0) is 30.5 Å². The van der Waals surface area contributed by atoms with Crippen LogP contribution in [0.15, 0.2) is 24.3 Å². The van der Waals surface area contributed by atoms with Gasteiger partial charge in [0.05, 0.1) is 16.0 Å². The van der Waals surface area contributed by atoms with E-state index < -0.39 is 17.2 Å². The van der Waals surface area contributed by atoms with Gasteiger partial charge in [0.25, 0.3) is 0 Å². The van der Waals surface area contributed by atoms with Gasteiger partial charge in [-0.1, -0.05) is 24.4 Å². The molecule has 1 fully saturated rings. The van der Waals surface area contributed by atoms with Gasteiger partial charge in [-0.15, -0.1) is 0 Å². The summed E-state index contributed by atoms with van der Waals surface area (Å²) in [4.78, 5) is 12.1. The lowest BCUT2D eigenvalue weighted by Crippen LogP contribution is -2.39. The molecule has 0 atom stereocenters. The molecule has 0 unspecified atom stereocenters. The van der Waals surface area contributed by atoms with Crippen molar-refractivity contribution in [2.24, 2.45) is 11.1 Å². The smallest absolute Gasteiger partial charge is 0.392 e. The molecule has 1 aromatic rings. The highest BCUT2D eigenvalue weighted by Crippen LogP contribution is 2.46. The Morgan fingerprint density at radius 2 is 1.85 bits per heavy atom. The van der Waals surface area contributed by atoms with Crippen molar-refractivity contribution in [2.45, 2.75) is 25.6 Å². The molecule has 0 spiro atoms. The number of amides is 1. The van der Waals surface area contributed by atoms with Gasteiger partial charge < -0.3 is 11.1 Å². The molecule has 0 aliphatic heterocycles. The standard InChI is InChI=1S/C13H13F3N2OS/c14-13(15,16)9-3-1-8(2-4-9)7-18-11(19)12(5-6-12)10(17)20/h1-4H,5-7H2,(H2,17,20)(H,18,19). The summed E-state index contributed by atoms with van der Waals surface area (Å²) in [5.41, 5.74) is 4.64. The van der Waals surface area contributed by atoms with Crippen LogP contribution in [-0.2, 0) is 17.5 Å². The van der Waals surface area contributed by atoms with Crippen molar-refractivity contribution in [3.63, 3.8) is 0 Å². The van der Waals surface area contributed by atoms with Gasteiger partial charge in [0, 0.05) is 6.54 Å². The van der Waals surface area contributed by atoms with E-state index in [0.29, 0.717) is 18.4 Å². The summed E-state index contributed by atoms with van der Waals surface area (Å²) in [6.45, 7) is 0.154. The Bertz CT molecular complexity index is 536.